The fraction of sp³-hybridized carbons (Fsp3) is 0.241. The number of rotatable bonds is 3. The zero-order chi connectivity index (χ0) is 24.4. The van der Waals surface area contributed by atoms with Gasteiger partial charge in [0.25, 0.3) is 0 Å². The molecule has 6 rings (SSSR count). The standard InChI is InChI=1S/C28H28N3Si.CH3.2ClH.Ti/c1-32(2,31-26-15-5-3-13-24(26)30-25-14-4-6-16-27(25)31)28-18-17-20-21(10-9-11-22(20)28)23-12-7-8-19-29-23;;;;/h3-16,19-20,22,28H,17-18H2,1-2H3;1H3;2*1H;/q2*-1;;;+2/p-2/t20-,22+,28?;;;;/m1..../s1. The van der Waals surface area contributed by atoms with E-state index < -0.39 is 25.3 Å². The summed E-state index contributed by atoms with van der Waals surface area (Å²) < 4.78 is 2.70. The third-order valence-corrected chi connectivity index (χ3v) is 11.8. The summed E-state index contributed by atoms with van der Waals surface area (Å²) >= 11 is -0.556. The molecule has 2 aromatic carbocycles. The Morgan fingerprint density at radius 2 is 1.53 bits per heavy atom. The number of para-hydroxylation sites is 4. The molecule has 186 valence electrons. The van der Waals surface area contributed by atoms with Crippen LogP contribution in [-0.4, -0.2) is 13.2 Å². The molecule has 3 aromatic rings. The Kier molecular flexibility index (Phi) is 8.85. The van der Waals surface area contributed by atoms with E-state index in [2.05, 4.69) is 102 Å². The van der Waals surface area contributed by atoms with Crippen LogP contribution in [0.5, 0.6) is 0 Å². The minimum atomic E-state index is -1.94. The van der Waals surface area contributed by atoms with Crippen LogP contribution < -0.4 is 4.57 Å². The topological polar surface area (TPSA) is 30.2 Å². The van der Waals surface area contributed by atoms with E-state index in [4.69, 9.17) is 23.9 Å². The predicted octanol–water partition coefficient (Wildman–Crippen LogP) is 9.95. The van der Waals surface area contributed by atoms with Crippen molar-refractivity contribution < 1.29 is 17.0 Å². The van der Waals surface area contributed by atoms with Crippen molar-refractivity contribution in [3.05, 3.63) is 110 Å². The van der Waals surface area contributed by atoms with Gasteiger partial charge < -0.3 is 17.3 Å². The number of hydrogen-bond acceptors (Lipinski definition) is 2. The molecular formula is C29H31Cl2N3SiTi-2. The van der Waals surface area contributed by atoms with Crippen molar-refractivity contribution in [3.8, 4) is 0 Å². The summed E-state index contributed by atoms with van der Waals surface area (Å²) in [5.74, 6) is 1.13. The molecule has 0 amide bonds. The second-order valence-electron chi connectivity index (χ2n) is 9.74. The fourth-order valence-electron chi connectivity index (χ4n) is 6.24. The Bertz CT molecular complexity index is 1200. The number of halogens is 2. The molecule has 2 aliphatic carbocycles. The first kappa shape index (κ1) is 27.2. The van der Waals surface area contributed by atoms with Gasteiger partial charge in [0.2, 0.25) is 0 Å². The van der Waals surface area contributed by atoms with E-state index in [9.17, 15) is 0 Å². The molecule has 1 fully saturated rings. The van der Waals surface area contributed by atoms with Gasteiger partial charge in [0.1, 0.15) is 0 Å². The summed E-state index contributed by atoms with van der Waals surface area (Å²) in [5, 5.41) is 4.98. The normalized spacial score (nSPS) is 21.4. The van der Waals surface area contributed by atoms with E-state index in [1.807, 2.05) is 12.3 Å². The number of allylic oxidation sites excluding steroid dienone is 4. The first-order chi connectivity index (χ1) is 17.1. The van der Waals surface area contributed by atoms with E-state index in [0.29, 0.717) is 17.4 Å². The quantitative estimate of drug-likeness (QED) is 0.233. The van der Waals surface area contributed by atoms with Gasteiger partial charge in [-0.15, -0.1) is 11.4 Å². The van der Waals surface area contributed by atoms with Crippen molar-refractivity contribution in [3.63, 3.8) is 0 Å². The average Bonchev–Trinajstić information content (AvgIpc) is 3.33. The second kappa shape index (κ2) is 11.7. The van der Waals surface area contributed by atoms with Gasteiger partial charge in [0, 0.05) is 17.6 Å². The molecule has 0 radical (unpaired) electrons. The number of aromatic nitrogens is 1. The summed E-state index contributed by atoms with van der Waals surface area (Å²) in [6.07, 6.45) is 11.5. The Morgan fingerprint density at radius 3 is 2.14 bits per heavy atom. The molecule has 1 saturated carbocycles. The van der Waals surface area contributed by atoms with Crippen LogP contribution in [0, 0.1) is 19.3 Å². The SMILES string of the molecule is C[Si](C)(C1CC[C@@H]2C(c3ccccn3)=CC=C[C@H]12)N1c2ccccc2[N-]c2ccccc21.[CH3-].[Cl][Ti][Cl]. The average molecular weight is 568 g/mol. The van der Waals surface area contributed by atoms with E-state index in [1.165, 1.54) is 29.8 Å². The monoisotopic (exact) mass is 567 g/mol. The van der Waals surface area contributed by atoms with Crippen molar-refractivity contribution in [1.29, 1.82) is 0 Å². The molecule has 36 heavy (non-hydrogen) atoms. The van der Waals surface area contributed by atoms with Crippen LogP contribution in [0.3, 0.4) is 0 Å². The van der Waals surface area contributed by atoms with Crippen LogP contribution in [0.15, 0.2) is 91.2 Å². The summed E-state index contributed by atoms with van der Waals surface area (Å²) in [6.45, 7) is 5.12. The molecule has 1 aromatic heterocycles. The van der Waals surface area contributed by atoms with E-state index >= 15 is 0 Å². The zero-order valence-electron chi connectivity index (χ0n) is 20.9. The van der Waals surface area contributed by atoms with Crippen molar-refractivity contribution >= 4 is 55.2 Å². The van der Waals surface area contributed by atoms with Gasteiger partial charge in [-0.3, -0.25) is 4.98 Å². The van der Waals surface area contributed by atoms with Gasteiger partial charge >= 0.3 is 35.6 Å². The van der Waals surface area contributed by atoms with Gasteiger partial charge in [0.05, 0.1) is 5.69 Å². The Morgan fingerprint density at radius 1 is 0.917 bits per heavy atom. The third kappa shape index (κ3) is 4.99. The molecule has 7 heteroatoms. The van der Waals surface area contributed by atoms with E-state index in [0.717, 1.165) is 17.1 Å². The predicted molar refractivity (Wildman–Crippen MR) is 155 cm³/mol. The Balaban J connectivity index is 0.000000726. The van der Waals surface area contributed by atoms with Gasteiger partial charge in [0.15, 0.2) is 8.24 Å². The molecule has 2 heterocycles. The molecular weight excluding hydrogens is 537 g/mol. The number of hydrogen-bond donors (Lipinski definition) is 0. The van der Waals surface area contributed by atoms with E-state index in [1.54, 1.807) is 0 Å². The number of fused-ring (bicyclic) bond motifs is 3. The van der Waals surface area contributed by atoms with Gasteiger partial charge in [-0.25, -0.2) is 0 Å². The molecule has 1 aliphatic heterocycles. The van der Waals surface area contributed by atoms with Crippen LogP contribution in [0.1, 0.15) is 18.5 Å². The first-order valence-electron chi connectivity index (χ1n) is 12.0. The summed E-state index contributed by atoms with van der Waals surface area (Å²) in [7, 11) is 7.84. The second-order valence-corrected chi connectivity index (χ2v) is 16.8. The van der Waals surface area contributed by atoms with Crippen LogP contribution in [-0.2, 0) is 17.0 Å². The van der Waals surface area contributed by atoms with Crippen molar-refractivity contribution in [2.75, 3.05) is 4.57 Å². The van der Waals surface area contributed by atoms with Crippen LogP contribution >= 0.6 is 18.6 Å². The molecule has 0 saturated heterocycles. The summed E-state index contributed by atoms with van der Waals surface area (Å²) in [5.41, 5.74) is 7.94. The van der Waals surface area contributed by atoms with Crippen molar-refractivity contribution in [2.45, 2.75) is 31.5 Å². The molecule has 3 aliphatic rings. The van der Waals surface area contributed by atoms with Crippen LogP contribution in [0.4, 0.5) is 22.7 Å². The molecule has 0 N–H and O–H groups in total. The van der Waals surface area contributed by atoms with Crippen molar-refractivity contribution in [1.82, 2.24) is 4.98 Å². The number of nitrogens with zero attached hydrogens (tertiary/aromatic N) is 3. The van der Waals surface area contributed by atoms with E-state index in [-0.39, 0.29) is 7.43 Å². The molecule has 3 atom stereocenters. The molecule has 0 spiro atoms. The van der Waals surface area contributed by atoms with Gasteiger partial charge in [-0.2, -0.15) is 0 Å². The van der Waals surface area contributed by atoms with Crippen LogP contribution in [0.25, 0.3) is 10.9 Å². The maximum absolute atomic E-state index is 4.98. The first-order valence-corrected chi connectivity index (χ1v) is 19.3. The Hall–Kier alpha value is -1.82. The number of pyridine rings is 1. The fourth-order valence-corrected chi connectivity index (χ4v) is 10.4. The molecule has 3 nitrogen and oxygen atoms in total. The summed E-state index contributed by atoms with van der Waals surface area (Å²) in [6, 6.07) is 23.6. The Labute approximate surface area is 233 Å². The number of anilines is 2. The molecule has 0 bridgehead atoms. The minimum absolute atomic E-state index is 0. The zero-order valence-corrected chi connectivity index (χ0v) is 25.0. The number of benzene rings is 2. The molecule has 1 unspecified atom stereocenters. The van der Waals surface area contributed by atoms with Crippen molar-refractivity contribution in [2.24, 2.45) is 11.8 Å². The van der Waals surface area contributed by atoms with Crippen LogP contribution in [0.2, 0.25) is 18.6 Å². The summed E-state index contributed by atoms with van der Waals surface area (Å²) in [4.78, 5) is 4.69. The maximum atomic E-state index is 4.98. The third-order valence-electron chi connectivity index (χ3n) is 7.66. The van der Waals surface area contributed by atoms with Gasteiger partial charge in [-0.1, -0.05) is 73.8 Å². The van der Waals surface area contributed by atoms with Gasteiger partial charge in [-0.05, 0) is 60.1 Å².